The minimum absolute atomic E-state index is 0.0164. The van der Waals surface area contributed by atoms with Gasteiger partial charge in [-0.3, -0.25) is 9.59 Å². The molecule has 7 fully saturated rings. The summed E-state index contributed by atoms with van der Waals surface area (Å²) < 4.78 is 46.8. The van der Waals surface area contributed by atoms with Crippen molar-refractivity contribution in [1.29, 1.82) is 0 Å². The minimum Gasteiger partial charge on any atom is -0.394 e. The van der Waals surface area contributed by atoms with Gasteiger partial charge in [-0.25, -0.2) is 0 Å². The molecule has 9 unspecified atom stereocenters. The normalized spacial score (nSPS) is 51.1. The monoisotopic (exact) mass is 1050 g/mol. The summed E-state index contributed by atoms with van der Waals surface area (Å²) in [6.45, 7) is 8.34. The molecule has 73 heavy (non-hydrogen) atoms. The average molecular weight is 1050 g/mol. The van der Waals surface area contributed by atoms with Gasteiger partial charge in [0.25, 0.3) is 0 Å². The molecule has 4 aliphatic carbocycles. The maximum atomic E-state index is 14.1. The number of rotatable bonds is 16. The molecule has 0 aromatic rings. The predicted molar refractivity (Wildman–Crippen MR) is 245 cm³/mol. The first kappa shape index (κ1) is 57.4. The second-order valence-corrected chi connectivity index (χ2v) is 22.8. The highest BCUT2D eigenvalue weighted by Gasteiger charge is 2.63. The molecule has 3 saturated carbocycles. The molecule has 0 spiro atoms. The number of fused-ring (bicyclic) bond motifs is 5. The van der Waals surface area contributed by atoms with Crippen LogP contribution >= 0.6 is 0 Å². The Bertz CT molecular complexity index is 1930. The summed E-state index contributed by atoms with van der Waals surface area (Å²) in [4.78, 5) is 28.0. The van der Waals surface area contributed by atoms with Crippen molar-refractivity contribution in [3.63, 3.8) is 0 Å². The maximum absolute atomic E-state index is 14.1. The molecule has 13 N–H and O–H groups in total. The number of ketones is 2. The quantitative estimate of drug-likeness (QED) is 0.0685. The number of hydrogen-bond donors (Lipinski definition) is 13. The zero-order valence-corrected chi connectivity index (χ0v) is 42.0. The molecule has 23 heteroatoms. The lowest BCUT2D eigenvalue weighted by Gasteiger charge is -2.58. The third-order valence-corrected chi connectivity index (χ3v) is 18.3. The molecular weight excluding hydrogens is 969 g/mol. The molecule has 29 atom stereocenters. The Kier molecular flexibility index (Phi) is 18.0. The highest BCUT2D eigenvalue weighted by atomic mass is 16.8. The van der Waals surface area contributed by atoms with E-state index >= 15 is 0 Å². The molecule has 0 aromatic carbocycles. The van der Waals surface area contributed by atoms with Crippen LogP contribution in [-0.4, -0.2) is 227 Å². The van der Waals surface area contributed by atoms with Gasteiger partial charge in [-0.15, -0.1) is 0 Å². The SMILES string of the molecule is CC1O[C@@H](O[C@@H]2C(CO)O[C@@H](OC3CC[C@@]4(C)C(=CC[C@H]5[C@@H]6CC(=O)[C@H]([C@H](C)C(=O)CC[C@@H](C)CO[C@@H]7OC(CO)[C@@H](O)[C@H](O)C7O)[C@@]6(C)CC[C@@H]54)C3)C(O[C@@H]3OC(O)[C@H](O)[C@H](O)C3O)[C@H]2O)C(O)[C@@H](O)[C@H]1O. The number of ether oxygens (including phenoxy) is 8. The van der Waals surface area contributed by atoms with Crippen LogP contribution in [-0.2, 0) is 47.5 Å². The molecule has 0 radical (unpaired) electrons. The van der Waals surface area contributed by atoms with Crippen molar-refractivity contribution >= 4 is 11.6 Å². The van der Waals surface area contributed by atoms with Gasteiger partial charge < -0.3 is 104 Å². The van der Waals surface area contributed by atoms with Gasteiger partial charge in [0, 0.05) is 24.7 Å². The summed E-state index contributed by atoms with van der Waals surface area (Å²) >= 11 is 0. The highest BCUT2D eigenvalue weighted by molar-refractivity contribution is 5.92. The highest BCUT2D eigenvalue weighted by Crippen LogP contribution is 2.66. The number of carbonyl (C=O) groups excluding carboxylic acids is 2. The van der Waals surface area contributed by atoms with Crippen LogP contribution in [0.4, 0.5) is 0 Å². The van der Waals surface area contributed by atoms with Crippen molar-refractivity contribution in [2.24, 2.45) is 46.3 Å². The Morgan fingerprint density at radius 2 is 1.29 bits per heavy atom. The first-order chi connectivity index (χ1) is 34.4. The van der Waals surface area contributed by atoms with E-state index in [1.165, 1.54) is 6.92 Å². The van der Waals surface area contributed by atoms with E-state index in [0.717, 1.165) is 18.4 Å². The van der Waals surface area contributed by atoms with Crippen LogP contribution in [0.1, 0.15) is 92.4 Å². The molecule has 0 bridgehead atoms. The summed E-state index contributed by atoms with van der Waals surface area (Å²) in [7, 11) is 0. The largest absolute Gasteiger partial charge is 0.394 e. The van der Waals surface area contributed by atoms with Crippen LogP contribution in [0.3, 0.4) is 0 Å². The van der Waals surface area contributed by atoms with Gasteiger partial charge in [0.15, 0.2) is 31.5 Å². The van der Waals surface area contributed by atoms with Crippen molar-refractivity contribution in [2.75, 3.05) is 19.8 Å². The lowest BCUT2D eigenvalue weighted by Crippen LogP contribution is -2.66. The second-order valence-electron chi connectivity index (χ2n) is 22.8. The third-order valence-electron chi connectivity index (χ3n) is 18.3. The first-order valence-corrected chi connectivity index (χ1v) is 26.1. The molecule has 4 aliphatic heterocycles. The van der Waals surface area contributed by atoms with Crippen LogP contribution in [0, 0.1) is 46.3 Å². The van der Waals surface area contributed by atoms with E-state index in [1.54, 1.807) is 0 Å². The third kappa shape index (κ3) is 10.9. The molecule has 8 aliphatic rings. The summed E-state index contributed by atoms with van der Waals surface area (Å²) in [5.74, 6) is -0.557. The summed E-state index contributed by atoms with van der Waals surface area (Å²) in [5, 5.41) is 136. The zero-order chi connectivity index (χ0) is 53.2. The number of carbonyl (C=O) groups is 2. The predicted octanol–water partition coefficient (Wildman–Crippen LogP) is -3.00. The minimum atomic E-state index is -2.00. The second kappa shape index (κ2) is 22.9. The van der Waals surface area contributed by atoms with Crippen molar-refractivity contribution in [3.05, 3.63) is 11.6 Å². The Morgan fingerprint density at radius 1 is 0.671 bits per heavy atom. The fourth-order valence-corrected chi connectivity index (χ4v) is 13.8. The maximum Gasteiger partial charge on any atom is 0.189 e. The average Bonchev–Trinajstić information content (AvgIpc) is 3.64. The summed E-state index contributed by atoms with van der Waals surface area (Å²) in [6.07, 6.45) is -25.3. The van der Waals surface area contributed by atoms with Crippen LogP contribution < -0.4 is 0 Å². The van der Waals surface area contributed by atoms with Gasteiger partial charge in [-0.05, 0) is 86.4 Å². The molecule has 4 heterocycles. The molecule has 8 rings (SSSR count). The van der Waals surface area contributed by atoms with Gasteiger partial charge in [0.1, 0.15) is 97.0 Å². The molecule has 0 amide bonds. The fourth-order valence-electron chi connectivity index (χ4n) is 13.8. The van der Waals surface area contributed by atoms with E-state index in [1.807, 2.05) is 13.8 Å². The van der Waals surface area contributed by atoms with Crippen LogP contribution in [0.2, 0.25) is 0 Å². The summed E-state index contributed by atoms with van der Waals surface area (Å²) in [5.41, 5.74) is 0.493. The van der Waals surface area contributed by atoms with Crippen LogP contribution in [0.25, 0.3) is 0 Å². The standard InChI is InChI=1S/C50H80O23/c1-19(18-66-45-38(61)35(58)33(56)29(16-51)69-45)6-9-27(53)20(2)31-28(54)15-26-24-8-7-22-14-23(10-12-49(22,4)25(24)11-13-50(26,31)5)68-48-43(72-47-40(63)36(59)37(60)44(65)73-47)41(64)42(30(17-52)70-48)71-46-39(62)34(57)32(55)21(3)67-46/h7,19-21,23-26,29-48,51-52,55-65H,6,8-18H2,1-5H3/t19-,20-,21?,23?,24-,25+,26+,29?,30?,31+,32+,33-,34+,35+,36+,37-,38?,39?,40?,41+,42-,43?,44?,45-,46+,47-,48-,49+,50+/m1/s1. The van der Waals surface area contributed by atoms with Crippen LogP contribution in [0.5, 0.6) is 0 Å². The van der Waals surface area contributed by atoms with Crippen LogP contribution in [0.15, 0.2) is 11.6 Å². The van der Waals surface area contributed by atoms with E-state index in [2.05, 4.69) is 19.9 Å². The number of hydrogen-bond acceptors (Lipinski definition) is 23. The number of allylic oxidation sites excluding steroid dienone is 1. The van der Waals surface area contributed by atoms with Gasteiger partial charge >= 0.3 is 0 Å². The van der Waals surface area contributed by atoms with Crippen molar-refractivity contribution in [1.82, 2.24) is 0 Å². The van der Waals surface area contributed by atoms with E-state index in [9.17, 15) is 76.0 Å². The Hall–Kier alpha value is -1.76. The van der Waals surface area contributed by atoms with Crippen molar-refractivity contribution in [3.8, 4) is 0 Å². The van der Waals surface area contributed by atoms with Gasteiger partial charge in [0.05, 0.1) is 32.0 Å². The van der Waals surface area contributed by atoms with Crippen molar-refractivity contribution < 1.29 is 114 Å². The van der Waals surface area contributed by atoms with Gasteiger partial charge in [0.2, 0.25) is 0 Å². The molecule has 418 valence electrons. The number of Topliss-reactive ketones (excluding diaryl/α,β-unsaturated/α-hetero) is 2. The van der Waals surface area contributed by atoms with E-state index < -0.39 is 160 Å². The first-order valence-electron chi connectivity index (χ1n) is 26.1. The molecule has 0 aromatic heterocycles. The summed E-state index contributed by atoms with van der Waals surface area (Å²) in [6, 6.07) is 0. The number of aliphatic hydroxyl groups is 13. The fraction of sp³-hybridized carbons (Fsp3) is 0.920. The Labute approximate surface area is 423 Å². The topological polar surface area (TPSA) is 371 Å². The Balaban J connectivity index is 0.916. The van der Waals surface area contributed by atoms with E-state index in [-0.39, 0.29) is 53.7 Å². The van der Waals surface area contributed by atoms with Gasteiger partial charge in [-0.1, -0.05) is 39.3 Å². The smallest absolute Gasteiger partial charge is 0.189 e. The van der Waals surface area contributed by atoms with Gasteiger partial charge in [-0.2, -0.15) is 0 Å². The molecular formula is C50H80O23. The molecule has 23 nitrogen and oxygen atoms in total. The lowest BCUT2D eigenvalue weighted by atomic mass is 9.47. The van der Waals surface area contributed by atoms with E-state index in [0.29, 0.717) is 38.5 Å². The molecule has 4 saturated heterocycles. The lowest BCUT2D eigenvalue weighted by molar-refractivity contribution is -0.400. The zero-order valence-electron chi connectivity index (χ0n) is 42.0. The number of aliphatic hydroxyl groups excluding tert-OH is 13. The Morgan fingerprint density at radius 3 is 1.97 bits per heavy atom. The van der Waals surface area contributed by atoms with E-state index in [4.69, 9.17) is 37.9 Å². The van der Waals surface area contributed by atoms with Crippen molar-refractivity contribution in [2.45, 2.75) is 222 Å².